The zero-order valence-electron chi connectivity index (χ0n) is 26.2. The minimum atomic E-state index is -0.169. The molecular weight excluding hydrogens is 558 g/mol. The van der Waals surface area contributed by atoms with Crippen LogP contribution in [0.4, 0.5) is 0 Å². The summed E-state index contributed by atoms with van der Waals surface area (Å²) >= 11 is 0. The monoisotopic (exact) mass is 607 g/mol. The van der Waals surface area contributed by atoms with E-state index in [9.17, 15) is 9.59 Å². The Morgan fingerprint density at radius 1 is 0.750 bits per heavy atom. The van der Waals surface area contributed by atoms with Crippen molar-refractivity contribution in [3.05, 3.63) is 48.0 Å². The van der Waals surface area contributed by atoms with Crippen LogP contribution in [0.15, 0.2) is 42.5 Å². The van der Waals surface area contributed by atoms with Gasteiger partial charge in [0.15, 0.2) is 0 Å². The van der Waals surface area contributed by atoms with Crippen LogP contribution in [0.25, 0.3) is 0 Å². The summed E-state index contributed by atoms with van der Waals surface area (Å²) in [6, 6.07) is 12.9. The highest BCUT2D eigenvalue weighted by Gasteiger charge is 2.28. The van der Waals surface area contributed by atoms with E-state index in [-0.39, 0.29) is 17.8 Å². The molecule has 2 aromatic carbocycles. The number of hydrogen-bond acceptors (Lipinski definition) is 8. The fourth-order valence-electron chi connectivity index (χ4n) is 6.03. The predicted molar refractivity (Wildman–Crippen MR) is 170 cm³/mol. The lowest BCUT2D eigenvalue weighted by Gasteiger charge is -2.27. The molecule has 4 rings (SSSR count). The van der Waals surface area contributed by atoms with Gasteiger partial charge in [0.1, 0.15) is 29.3 Å². The van der Waals surface area contributed by atoms with E-state index in [0.717, 1.165) is 101 Å². The van der Waals surface area contributed by atoms with Crippen LogP contribution < -0.4 is 18.9 Å². The minimum absolute atomic E-state index is 0.102. The van der Waals surface area contributed by atoms with Crippen molar-refractivity contribution in [1.82, 2.24) is 0 Å². The largest absolute Gasteiger partial charge is 0.494 e. The summed E-state index contributed by atoms with van der Waals surface area (Å²) in [7, 11) is 1.73. The Hall–Kier alpha value is -3.39. The smallest absolute Gasteiger partial charge is 0.314 e. The molecule has 0 bridgehead atoms. The van der Waals surface area contributed by atoms with Gasteiger partial charge in [-0.05, 0) is 125 Å². The van der Waals surface area contributed by atoms with Crippen LogP contribution in [0, 0.1) is 29.1 Å². The summed E-state index contributed by atoms with van der Waals surface area (Å²) in [6.07, 6.45) is 14.0. The lowest BCUT2D eigenvalue weighted by atomic mass is 9.82. The predicted octanol–water partition coefficient (Wildman–Crippen LogP) is 7.44. The molecule has 8 nitrogen and oxygen atoms in total. The summed E-state index contributed by atoms with van der Waals surface area (Å²) in [4.78, 5) is 23.8. The molecule has 8 heteroatoms. The molecule has 1 N–H and O–H groups in total. The Morgan fingerprint density at radius 2 is 1.36 bits per heavy atom. The maximum absolute atomic E-state index is 12.8. The van der Waals surface area contributed by atoms with Crippen molar-refractivity contribution in [2.75, 3.05) is 33.5 Å². The number of aldehydes is 1. The molecule has 44 heavy (non-hydrogen) atoms. The average molecular weight is 608 g/mol. The number of methoxy groups -OCH3 is 1. The van der Waals surface area contributed by atoms with Crippen molar-refractivity contribution in [2.24, 2.45) is 23.7 Å². The number of carbonyl (C=O) groups is 2. The lowest BCUT2D eigenvalue weighted by molar-refractivity contribution is -0.140. The number of rotatable bonds is 18. The third-order valence-corrected chi connectivity index (χ3v) is 8.91. The highest BCUT2D eigenvalue weighted by Crippen LogP contribution is 2.32. The van der Waals surface area contributed by atoms with E-state index in [4.69, 9.17) is 29.1 Å². The molecule has 2 fully saturated rings. The van der Waals surface area contributed by atoms with Gasteiger partial charge in [-0.2, -0.15) is 0 Å². The standard InChI is InChI=1S/C36H49NO7/c1-40-20-4-2-3-5-21-41-32-14-16-33(17-15-32)44-36(39)30-12-10-29(11-13-30)25-42-34-18-19-35(31(22-34)23-37)43-26-28-8-6-27(24-38)7-9-28/h14-19,22-24,27-30,37H,2-13,20-21,25-26H2,1H3. The molecular formula is C36H49NO7. The highest BCUT2D eigenvalue weighted by molar-refractivity contribution is 5.82. The number of hydrogen-bond donors (Lipinski definition) is 1. The molecule has 0 amide bonds. The first-order valence-electron chi connectivity index (χ1n) is 16.4. The molecule has 0 aromatic heterocycles. The van der Waals surface area contributed by atoms with E-state index in [1.54, 1.807) is 19.2 Å². The summed E-state index contributed by atoms with van der Waals surface area (Å²) in [5.74, 6) is 3.49. The molecule has 2 aliphatic carbocycles. The second-order valence-electron chi connectivity index (χ2n) is 12.2. The average Bonchev–Trinajstić information content (AvgIpc) is 3.07. The second kappa shape index (κ2) is 18.4. The first kappa shape index (κ1) is 33.5. The minimum Gasteiger partial charge on any atom is -0.494 e. The van der Waals surface area contributed by atoms with Crippen LogP contribution in [0.2, 0.25) is 0 Å². The Bertz CT molecular complexity index is 1150. The van der Waals surface area contributed by atoms with Crippen LogP contribution in [-0.4, -0.2) is 52.0 Å². The van der Waals surface area contributed by atoms with Gasteiger partial charge in [0.25, 0.3) is 0 Å². The number of carbonyl (C=O) groups excluding carboxylic acids is 2. The van der Waals surface area contributed by atoms with Crippen LogP contribution >= 0.6 is 0 Å². The van der Waals surface area contributed by atoms with Crippen molar-refractivity contribution in [3.8, 4) is 23.0 Å². The fourth-order valence-corrected chi connectivity index (χ4v) is 6.03. The number of benzene rings is 2. The number of nitrogens with one attached hydrogen (secondary N) is 1. The van der Waals surface area contributed by atoms with Crippen molar-refractivity contribution < 1.29 is 33.3 Å². The SMILES string of the molecule is COCCCCCCOc1ccc(OC(=O)C2CCC(COc3ccc(OCC4CCC(C=O)CC4)c(C=N)c3)CC2)cc1. The summed E-state index contributed by atoms with van der Waals surface area (Å²) < 4.78 is 28.7. The number of esters is 1. The van der Waals surface area contributed by atoms with E-state index in [1.165, 1.54) is 6.21 Å². The molecule has 2 aliphatic rings. The second-order valence-corrected chi connectivity index (χ2v) is 12.2. The lowest BCUT2D eigenvalue weighted by Crippen LogP contribution is -2.27. The van der Waals surface area contributed by atoms with Crippen LogP contribution in [0.5, 0.6) is 23.0 Å². The Balaban J connectivity index is 1.12. The zero-order valence-corrected chi connectivity index (χ0v) is 26.2. The Kier molecular flexibility index (Phi) is 14.0. The van der Waals surface area contributed by atoms with Gasteiger partial charge < -0.3 is 33.9 Å². The van der Waals surface area contributed by atoms with Crippen LogP contribution in [-0.2, 0) is 14.3 Å². The van der Waals surface area contributed by atoms with Gasteiger partial charge in [-0.3, -0.25) is 4.79 Å². The fraction of sp³-hybridized carbons (Fsp3) is 0.583. The maximum atomic E-state index is 12.8. The molecule has 0 aliphatic heterocycles. The normalized spacial score (nSPS) is 21.7. The van der Waals surface area contributed by atoms with Gasteiger partial charge in [0, 0.05) is 31.4 Å². The summed E-state index contributed by atoms with van der Waals surface area (Å²) in [5.41, 5.74) is 0.698. The van der Waals surface area contributed by atoms with E-state index in [1.807, 2.05) is 30.3 Å². The van der Waals surface area contributed by atoms with E-state index in [2.05, 4.69) is 0 Å². The first-order chi connectivity index (χ1) is 21.6. The zero-order chi connectivity index (χ0) is 31.0. The van der Waals surface area contributed by atoms with E-state index >= 15 is 0 Å². The molecule has 0 saturated heterocycles. The summed E-state index contributed by atoms with van der Waals surface area (Å²) in [6.45, 7) is 2.67. The quantitative estimate of drug-likeness (QED) is 0.0617. The topological polar surface area (TPSA) is 104 Å². The van der Waals surface area contributed by atoms with Crippen LogP contribution in [0.3, 0.4) is 0 Å². The number of ether oxygens (including phenoxy) is 5. The van der Waals surface area contributed by atoms with Gasteiger partial charge in [0.2, 0.25) is 0 Å². The van der Waals surface area contributed by atoms with E-state index in [0.29, 0.717) is 48.7 Å². The Morgan fingerprint density at radius 3 is 2.02 bits per heavy atom. The van der Waals surface area contributed by atoms with Gasteiger partial charge in [0.05, 0.1) is 25.7 Å². The third kappa shape index (κ3) is 11.0. The van der Waals surface area contributed by atoms with Crippen LogP contribution in [0.1, 0.15) is 82.6 Å². The molecule has 0 spiro atoms. The van der Waals surface area contributed by atoms with Gasteiger partial charge in [-0.1, -0.05) is 6.42 Å². The molecule has 2 saturated carbocycles. The molecule has 0 atom stereocenters. The molecule has 2 aromatic rings. The highest BCUT2D eigenvalue weighted by atomic mass is 16.5. The number of unbranched alkanes of at least 4 members (excludes halogenated alkanes) is 3. The molecule has 240 valence electrons. The first-order valence-corrected chi connectivity index (χ1v) is 16.4. The maximum Gasteiger partial charge on any atom is 0.314 e. The summed E-state index contributed by atoms with van der Waals surface area (Å²) in [5, 5.41) is 7.84. The van der Waals surface area contributed by atoms with Crippen molar-refractivity contribution in [3.63, 3.8) is 0 Å². The molecule has 0 heterocycles. The van der Waals surface area contributed by atoms with Crippen molar-refractivity contribution in [2.45, 2.75) is 77.0 Å². The van der Waals surface area contributed by atoms with Gasteiger partial charge in [-0.15, -0.1) is 0 Å². The van der Waals surface area contributed by atoms with Gasteiger partial charge >= 0.3 is 5.97 Å². The van der Waals surface area contributed by atoms with Crippen molar-refractivity contribution in [1.29, 1.82) is 5.41 Å². The molecule has 0 unspecified atom stereocenters. The van der Waals surface area contributed by atoms with Gasteiger partial charge in [-0.25, -0.2) is 0 Å². The Labute approximate surface area is 262 Å². The third-order valence-electron chi connectivity index (χ3n) is 8.91. The van der Waals surface area contributed by atoms with E-state index < -0.39 is 0 Å². The molecule has 0 radical (unpaired) electrons. The van der Waals surface area contributed by atoms with Crippen molar-refractivity contribution >= 4 is 18.5 Å².